The molecular formula is C17H15Cl2F3N2O3S. The number of carbonyl (C=O) groups excluding carboxylic acids is 1. The van der Waals surface area contributed by atoms with Crippen LogP contribution in [0.2, 0.25) is 10.0 Å². The quantitative estimate of drug-likeness (QED) is 0.702. The van der Waals surface area contributed by atoms with Gasteiger partial charge in [0, 0.05) is 11.6 Å². The predicted molar refractivity (Wildman–Crippen MR) is 102 cm³/mol. The van der Waals surface area contributed by atoms with Gasteiger partial charge in [0.25, 0.3) is 0 Å². The average Bonchev–Trinajstić information content (AvgIpc) is 2.56. The number of benzene rings is 2. The molecule has 0 spiro atoms. The van der Waals surface area contributed by atoms with Crippen molar-refractivity contribution in [2.45, 2.75) is 12.7 Å². The van der Waals surface area contributed by atoms with Crippen LogP contribution in [-0.4, -0.2) is 31.4 Å². The predicted octanol–water partition coefficient (Wildman–Crippen LogP) is 4.41. The van der Waals surface area contributed by atoms with Crippen LogP contribution >= 0.6 is 23.2 Å². The molecule has 2 rings (SSSR count). The summed E-state index contributed by atoms with van der Waals surface area (Å²) in [5, 5.41) is 2.58. The van der Waals surface area contributed by atoms with Gasteiger partial charge in [0.2, 0.25) is 15.9 Å². The van der Waals surface area contributed by atoms with E-state index < -0.39 is 34.2 Å². The van der Waals surface area contributed by atoms with Crippen molar-refractivity contribution in [1.29, 1.82) is 0 Å². The molecule has 28 heavy (non-hydrogen) atoms. The zero-order chi connectivity index (χ0) is 21.1. The Bertz CT molecular complexity index is 965. The SMILES string of the molecule is CS(=O)(=O)N(CC(=O)Nc1cc(C(F)(F)F)ccc1Cl)Cc1ccc(Cl)cc1. The van der Waals surface area contributed by atoms with E-state index in [1.165, 1.54) is 0 Å². The first kappa shape index (κ1) is 22.5. The zero-order valence-electron chi connectivity index (χ0n) is 14.4. The van der Waals surface area contributed by atoms with Gasteiger partial charge >= 0.3 is 6.18 Å². The van der Waals surface area contributed by atoms with Crippen LogP contribution < -0.4 is 5.32 Å². The summed E-state index contributed by atoms with van der Waals surface area (Å²) < 4.78 is 63.3. The molecule has 1 amide bonds. The summed E-state index contributed by atoms with van der Waals surface area (Å²) in [6.07, 6.45) is -3.69. The molecule has 0 bridgehead atoms. The van der Waals surface area contributed by atoms with Gasteiger partial charge in [-0.25, -0.2) is 8.42 Å². The molecule has 0 heterocycles. The number of carbonyl (C=O) groups is 1. The summed E-state index contributed by atoms with van der Waals surface area (Å²) in [5.41, 5.74) is -0.672. The van der Waals surface area contributed by atoms with Gasteiger partial charge in [0.15, 0.2) is 0 Å². The maximum atomic E-state index is 12.8. The Morgan fingerprint density at radius 2 is 1.71 bits per heavy atom. The molecule has 0 aliphatic heterocycles. The van der Waals surface area contributed by atoms with Gasteiger partial charge in [-0.15, -0.1) is 0 Å². The number of nitrogens with zero attached hydrogens (tertiary/aromatic N) is 1. The summed E-state index contributed by atoms with van der Waals surface area (Å²) >= 11 is 11.6. The second-order valence-corrected chi connectivity index (χ2v) is 8.72. The Morgan fingerprint density at radius 3 is 2.25 bits per heavy atom. The van der Waals surface area contributed by atoms with Crippen LogP contribution in [0, 0.1) is 0 Å². The van der Waals surface area contributed by atoms with Crippen molar-refractivity contribution < 1.29 is 26.4 Å². The zero-order valence-corrected chi connectivity index (χ0v) is 16.8. The topological polar surface area (TPSA) is 66.5 Å². The number of alkyl halides is 3. The third kappa shape index (κ3) is 6.37. The lowest BCUT2D eigenvalue weighted by Crippen LogP contribution is -2.37. The molecule has 152 valence electrons. The second kappa shape index (κ2) is 8.69. The van der Waals surface area contributed by atoms with E-state index in [9.17, 15) is 26.4 Å². The highest BCUT2D eigenvalue weighted by Gasteiger charge is 2.31. The number of anilines is 1. The van der Waals surface area contributed by atoms with Gasteiger partial charge in [-0.3, -0.25) is 4.79 Å². The largest absolute Gasteiger partial charge is 0.416 e. The number of sulfonamides is 1. The molecule has 11 heteroatoms. The maximum absolute atomic E-state index is 12.8. The minimum atomic E-state index is -4.61. The van der Waals surface area contributed by atoms with Crippen LogP contribution in [0.5, 0.6) is 0 Å². The van der Waals surface area contributed by atoms with Crippen LogP contribution in [0.15, 0.2) is 42.5 Å². The molecule has 0 unspecified atom stereocenters. The first-order chi connectivity index (χ1) is 12.9. The molecule has 2 aromatic rings. The van der Waals surface area contributed by atoms with Crippen molar-refractivity contribution in [1.82, 2.24) is 4.31 Å². The van der Waals surface area contributed by atoms with Gasteiger partial charge in [0.05, 0.1) is 29.1 Å². The molecule has 0 fully saturated rings. The van der Waals surface area contributed by atoms with E-state index in [0.29, 0.717) is 16.7 Å². The van der Waals surface area contributed by atoms with Crippen LogP contribution in [-0.2, 0) is 27.5 Å². The average molecular weight is 455 g/mol. The Labute approximate surface area is 170 Å². The molecule has 0 atom stereocenters. The minimum Gasteiger partial charge on any atom is -0.324 e. The number of halogens is 5. The van der Waals surface area contributed by atoms with Gasteiger partial charge in [-0.1, -0.05) is 35.3 Å². The van der Waals surface area contributed by atoms with Crippen molar-refractivity contribution in [2.75, 3.05) is 18.1 Å². The Balaban J connectivity index is 2.17. The van der Waals surface area contributed by atoms with Crippen LogP contribution in [0.25, 0.3) is 0 Å². The number of hydrogen-bond acceptors (Lipinski definition) is 3. The lowest BCUT2D eigenvalue weighted by atomic mass is 10.2. The summed E-state index contributed by atoms with van der Waals surface area (Å²) in [7, 11) is -3.78. The highest BCUT2D eigenvalue weighted by atomic mass is 35.5. The van der Waals surface area contributed by atoms with Crippen molar-refractivity contribution in [3.63, 3.8) is 0 Å². The fourth-order valence-electron chi connectivity index (χ4n) is 2.23. The summed E-state index contributed by atoms with van der Waals surface area (Å²) in [6.45, 7) is -0.715. The Morgan fingerprint density at radius 1 is 1.11 bits per heavy atom. The highest BCUT2D eigenvalue weighted by molar-refractivity contribution is 7.88. The van der Waals surface area contributed by atoms with Crippen LogP contribution in [0.4, 0.5) is 18.9 Å². The fraction of sp³-hybridized carbons (Fsp3) is 0.235. The van der Waals surface area contributed by atoms with E-state index in [1.54, 1.807) is 24.3 Å². The van der Waals surface area contributed by atoms with E-state index in [1.807, 2.05) is 0 Å². The van der Waals surface area contributed by atoms with E-state index in [-0.39, 0.29) is 17.3 Å². The second-order valence-electron chi connectivity index (χ2n) is 5.90. The van der Waals surface area contributed by atoms with Gasteiger partial charge in [-0.2, -0.15) is 17.5 Å². The molecule has 0 saturated carbocycles. The van der Waals surface area contributed by atoms with Crippen molar-refractivity contribution >= 4 is 44.8 Å². The van der Waals surface area contributed by atoms with Crippen LogP contribution in [0.1, 0.15) is 11.1 Å². The van der Waals surface area contributed by atoms with E-state index >= 15 is 0 Å². The molecule has 2 aromatic carbocycles. The lowest BCUT2D eigenvalue weighted by Gasteiger charge is -2.20. The lowest BCUT2D eigenvalue weighted by molar-refractivity contribution is -0.137. The van der Waals surface area contributed by atoms with Gasteiger partial charge in [-0.05, 0) is 35.9 Å². The minimum absolute atomic E-state index is 0.107. The van der Waals surface area contributed by atoms with Gasteiger partial charge in [0.1, 0.15) is 0 Å². The summed E-state index contributed by atoms with van der Waals surface area (Å²) in [4.78, 5) is 12.2. The van der Waals surface area contributed by atoms with Crippen molar-refractivity contribution in [3.05, 3.63) is 63.6 Å². The van der Waals surface area contributed by atoms with E-state index in [4.69, 9.17) is 23.2 Å². The Hall–Kier alpha value is -1.81. The van der Waals surface area contributed by atoms with Gasteiger partial charge < -0.3 is 5.32 Å². The Kier molecular flexibility index (Phi) is 6.97. The van der Waals surface area contributed by atoms with Crippen molar-refractivity contribution in [3.8, 4) is 0 Å². The molecule has 0 aromatic heterocycles. The smallest absolute Gasteiger partial charge is 0.324 e. The normalized spacial score (nSPS) is 12.2. The van der Waals surface area contributed by atoms with Crippen LogP contribution in [0.3, 0.4) is 0 Å². The van der Waals surface area contributed by atoms with E-state index in [2.05, 4.69) is 5.32 Å². The monoisotopic (exact) mass is 454 g/mol. The third-order valence-corrected chi connectivity index (χ3v) is 5.41. The number of amides is 1. The summed E-state index contributed by atoms with van der Waals surface area (Å²) in [5.74, 6) is -0.833. The highest BCUT2D eigenvalue weighted by Crippen LogP contribution is 2.33. The first-order valence-corrected chi connectivity index (χ1v) is 10.3. The standard InChI is InChI=1S/C17H15Cl2F3N2O3S/c1-28(26,27)24(9-11-2-5-13(18)6-3-11)10-16(25)23-15-8-12(17(20,21)22)4-7-14(15)19/h2-8H,9-10H2,1H3,(H,23,25). The maximum Gasteiger partial charge on any atom is 0.416 e. The van der Waals surface area contributed by atoms with Crippen molar-refractivity contribution in [2.24, 2.45) is 0 Å². The first-order valence-electron chi connectivity index (χ1n) is 7.72. The third-order valence-electron chi connectivity index (χ3n) is 3.63. The summed E-state index contributed by atoms with van der Waals surface area (Å²) in [6, 6.07) is 8.80. The molecule has 5 nitrogen and oxygen atoms in total. The molecule has 1 N–H and O–H groups in total. The van der Waals surface area contributed by atoms with E-state index in [0.717, 1.165) is 22.7 Å². The number of nitrogens with one attached hydrogen (secondary N) is 1. The number of rotatable bonds is 6. The number of hydrogen-bond donors (Lipinski definition) is 1. The molecular weight excluding hydrogens is 440 g/mol. The molecule has 0 radical (unpaired) electrons. The molecule has 0 aliphatic carbocycles. The molecule has 0 saturated heterocycles. The molecule has 0 aliphatic rings. The fourth-order valence-corrected chi connectivity index (χ4v) is 3.26.